The number of nitrogen functional groups attached to an aromatic ring is 1. The van der Waals surface area contributed by atoms with Gasteiger partial charge in [-0.15, -0.1) is 0 Å². The third-order valence-corrected chi connectivity index (χ3v) is 3.16. The Bertz CT molecular complexity index is 631. The van der Waals surface area contributed by atoms with Crippen molar-refractivity contribution < 1.29 is 4.39 Å². The molecule has 2 rings (SSSR count). The molecule has 0 atom stereocenters. The SMILES string of the molecule is Cc1cc(F)c(Br)c2c(N)c(C#N)cnc12. The van der Waals surface area contributed by atoms with E-state index in [2.05, 4.69) is 20.9 Å². The normalized spacial score (nSPS) is 10.4. The minimum Gasteiger partial charge on any atom is -0.397 e. The summed E-state index contributed by atoms with van der Waals surface area (Å²) in [6, 6.07) is 3.30. The van der Waals surface area contributed by atoms with Gasteiger partial charge in [-0.1, -0.05) is 0 Å². The van der Waals surface area contributed by atoms with E-state index >= 15 is 0 Å². The number of pyridine rings is 1. The smallest absolute Gasteiger partial charge is 0.138 e. The van der Waals surface area contributed by atoms with E-state index in [1.165, 1.54) is 12.3 Å². The maximum absolute atomic E-state index is 13.5. The number of aryl methyl sites for hydroxylation is 1. The van der Waals surface area contributed by atoms with Gasteiger partial charge in [0.25, 0.3) is 0 Å². The molecule has 0 radical (unpaired) electrons. The first-order valence-corrected chi connectivity index (χ1v) is 5.28. The molecule has 3 nitrogen and oxygen atoms in total. The molecular weight excluding hydrogens is 273 g/mol. The van der Waals surface area contributed by atoms with Gasteiger partial charge in [-0.2, -0.15) is 5.26 Å². The van der Waals surface area contributed by atoms with Crippen LogP contribution in [0.5, 0.6) is 0 Å². The van der Waals surface area contributed by atoms with Gasteiger partial charge < -0.3 is 5.73 Å². The van der Waals surface area contributed by atoms with Gasteiger partial charge in [0.05, 0.1) is 21.2 Å². The van der Waals surface area contributed by atoms with Crippen molar-refractivity contribution in [1.82, 2.24) is 4.98 Å². The molecule has 0 unspecified atom stereocenters. The summed E-state index contributed by atoms with van der Waals surface area (Å²) in [4.78, 5) is 4.12. The van der Waals surface area contributed by atoms with Gasteiger partial charge >= 0.3 is 0 Å². The second-order valence-electron chi connectivity index (χ2n) is 3.41. The molecule has 1 aromatic carbocycles. The number of aromatic nitrogens is 1. The largest absolute Gasteiger partial charge is 0.397 e. The van der Waals surface area contributed by atoms with Crippen molar-refractivity contribution in [3.8, 4) is 6.07 Å². The van der Waals surface area contributed by atoms with Crippen molar-refractivity contribution in [3.05, 3.63) is 33.7 Å². The number of hydrogen-bond acceptors (Lipinski definition) is 3. The molecule has 0 bridgehead atoms. The summed E-state index contributed by atoms with van der Waals surface area (Å²) in [7, 11) is 0. The van der Waals surface area contributed by atoms with Crippen LogP contribution < -0.4 is 5.73 Å². The average Bonchev–Trinajstić information content (AvgIpc) is 2.26. The number of hydrogen-bond donors (Lipinski definition) is 1. The number of nitrogens with two attached hydrogens (primary N) is 1. The van der Waals surface area contributed by atoms with Crippen molar-refractivity contribution in [2.75, 3.05) is 5.73 Å². The van der Waals surface area contributed by atoms with E-state index < -0.39 is 5.82 Å². The van der Waals surface area contributed by atoms with Crippen LogP contribution in [-0.4, -0.2) is 4.98 Å². The van der Waals surface area contributed by atoms with E-state index in [1.54, 1.807) is 6.92 Å². The van der Waals surface area contributed by atoms with Crippen LogP contribution in [0.2, 0.25) is 0 Å². The Labute approximate surface area is 99.8 Å². The van der Waals surface area contributed by atoms with Crippen molar-refractivity contribution in [2.24, 2.45) is 0 Å². The van der Waals surface area contributed by atoms with E-state index in [0.717, 1.165) is 0 Å². The highest BCUT2D eigenvalue weighted by Gasteiger charge is 2.14. The van der Waals surface area contributed by atoms with Crippen molar-refractivity contribution in [1.29, 1.82) is 5.26 Å². The minimum absolute atomic E-state index is 0.246. The van der Waals surface area contributed by atoms with Crippen LogP contribution in [0.15, 0.2) is 16.7 Å². The lowest BCUT2D eigenvalue weighted by Crippen LogP contribution is -1.97. The molecule has 0 saturated carbocycles. The maximum atomic E-state index is 13.5. The first-order chi connectivity index (χ1) is 7.56. The highest BCUT2D eigenvalue weighted by molar-refractivity contribution is 9.10. The Balaban J connectivity index is 3.04. The van der Waals surface area contributed by atoms with E-state index in [4.69, 9.17) is 11.0 Å². The van der Waals surface area contributed by atoms with Gasteiger partial charge in [-0.05, 0) is 34.5 Å². The number of nitriles is 1. The molecule has 2 aromatic rings. The Morgan fingerprint density at radius 3 is 2.88 bits per heavy atom. The summed E-state index contributed by atoms with van der Waals surface area (Å²) in [6.45, 7) is 1.75. The van der Waals surface area contributed by atoms with E-state index in [1.807, 2.05) is 6.07 Å². The number of anilines is 1. The van der Waals surface area contributed by atoms with Crippen LogP contribution in [0.3, 0.4) is 0 Å². The summed E-state index contributed by atoms with van der Waals surface area (Å²) in [5, 5.41) is 9.28. The first-order valence-electron chi connectivity index (χ1n) is 4.49. The highest BCUT2D eigenvalue weighted by Crippen LogP contribution is 2.33. The van der Waals surface area contributed by atoms with Gasteiger partial charge in [0.2, 0.25) is 0 Å². The van der Waals surface area contributed by atoms with Gasteiger partial charge in [-0.3, -0.25) is 4.98 Å². The number of benzene rings is 1. The van der Waals surface area contributed by atoms with Crippen LogP contribution in [-0.2, 0) is 0 Å². The number of halogens is 2. The summed E-state index contributed by atoms with van der Waals surface area (Å²) in [6.07, 6.45) is 1.40. The van der Waals surface area contributed by atoms with Gasteiger partial charge in [0.1, 0.15) is 11.9 Å². The van der Waals surface area contributed by atoms with Crippen molar-refractivity contribution in [2.45, 2.75) is 6.92 Å². The molecule has 2 N–H and O–H groups in total. The van der Waals surface area contributed by atoms with E-state index in [0.29, 0.717) is 16.5 Å². The third-order valence-electron chi connectivity index (χ3n) is 2.39. The van der Waals surface area contributed by atoms with E-state index in [-0.39, 0.29) is 15.7 Å². The molecule has 0 fully saturated rings. The second kappa shape index (κ2) is 3.72. The molecule has 1 aromatic heterocycles. The Hall–Kier alpha value is -1.67. The highest BCUT2D eigenvalue weighted by atomic mass is 79.9. The molecular formula is C11H7BrFN3. The quantitative estimate of drug-likeness (QED) is 0.807. The Kier molecular flexibility index (Phi) is 2.52. The Morgan fingerprint density at radius 1 is 1.56 bits per heavy atom. The Morgan fingerprint density at radius 2 is 2.25 bits per heavy atom. The van der Waals surface area contributed by atoms with Crippen LogP contribution in [0, 0.1) is 24.1 Å². The zero-order chi connectivity index (χ0) is 11.9. The second-order valence-corrected chi connectivity index (χ2v) is 4.20. The number of nitrogens with zero attached hydrogens (tertiary/aromatic N) is 2. The third kappa shape index (κ3) is 1.42. The predicted octanol–water partition coefficient (Wildman–Crippen LogP) is 2.90. The lowest BCUT2D eigenvalue weighted by Gasteiger charge is -2.08. The molecule has 0 spiro atoms. The topological polar surface area (TPSA) is 62.7 Å². The number of rotatable bonds is 0. The van der Waals surface area contributed by atoms with Crippen molar-refractivity contribution >= 4 is 32.5 Å². The standard InChI is InChI=1S/C11H7BrFN3/c1-5-2-7(13)9(12)8-10(15)6(3-14)4-16-11(5)8/h2,4H,1H3,(H2,15,16). The molecule has 80 valence electrons. The average molecular weight is 280 g/mol. The van der Waals surface area contributed by atoms with Crippen LogP contribution in [0.4, 0.5) is 10.1 Å². The van der Waals surface area contributed by atoms with Gasteiger partial charge in [-0.25, -0.2) is 4.39 Å². The molecule has 0 amide bonds. The summed E-state index contributed by atoms with van der Waals surface area (Å²) >= 11 is 3.12. The molecule has 0 aliphatic heterocycles. The van der Waals surface area contributed by atoms with E-state index in [9.17, 15) is 4.39 Å². The molecule has 1 heterocycles. The first kappa shape index (κ1) is 10.8. The molecule has 16 heavy (non-hydrogen) atoms. The maximum Gasteiger partial charge on any atom is 0.138 e. The zero-order valence-electron chi connectivity index (χ0n) is 8.38. The summed E-state index contributed by atoms with van der Waals surface area (Å²) < 4.78 is 13.8. The molecule has 5 heteroatoms. The lowest BCUT2D eigenvalue weighted by atomic mass is 10.1. The fourth-order valence-corrected chi connectivity index (χ4v) is 2.09. The monoisotopic (exact) mass is 279 g/mol. The lowest BCUT2D eigenvalue weighted by molar-refractivity contribution is 0.622. The summed E-state index contributed by atoms with van der Waals surface area (Å²) in [5.41, 5.74) is 7.60. The predicted molar refractivity (Wildman–Crippen MR) is 63.3 cm³/mol. The van der Waals surface area contributed by atoms with Crippen LogP contribution in [0.1, 0.15) is 11.1 Å². The van der Waals surface area contributed by atoms with Crippen LogP contribution >= 0.6 is 15.9 Å². The molecule has 0 aliphatic carbocycles. The zero-order valence-corrected chi connectivity index (χ0v) is 9.97. The van der Waals surface area contributed by atoms with Gasteiger partial charge in [0, 0.05) is 11.6 Å². The van der Waals surface area contributed by atoms with Crippen molar-refractivity contribution in [3.63, 3.8) is 0 Å². The number of fused-ring (bicyclic) bond motifs is 1. The minimum atomic E-state index is -0.409. The van der Waals surface area contributed by atoms with Gasteiger partial charge in [0.15, 0.2) is 0 Å². The summed E-state index contributed by atoms with van der Waals surface area (Å²) in [5.74, 6) is -0.409. The molecule has 0 saturated heterocycles. The fourth-order valence-electron chi connectivity index (χ4n) is 1.58. The fraction of sp³-hybridized carbons (Fsp3) is 0.0909. The molecule has 0 aliphatic rings. The van der Waals surface area contributed by atoms with Crippen LogP contribution in [0.25, 0.3) is 10.9 Å².